The highest BCUT2D eigenvalue weighted by atomic mass is 16.2. The van der Waals surface area contributed by atoms with Gasteiger partial charge >= 0.3 is 0 Å². The Hall–Kier alpha value is -2.25. The van der Waals surface area contributed by atoms with Gasteiger partial charge in [-0.1, -0.05) is 6.42 Å². The van der Waals surface area contributed by atoms with Crippen molar-refractivity contribution >= 4 is 5.91 Å². The second kappa shape index (κ2) is 8.12. The summed E-state index contributed by atoms with van der Waals surface area (Å²) < 4.78 is 1.99. The molecule has 2 fully saturated rings. The number of rotatable bonds is 4. The maximum absolute atomic E-state index is 12.9. The molecular weight excluding hydrogens is 376 g/mol. The van der Waals surface area contributed by atoms with Gasteiger partial charge in [0.1, 0.15) is 0 Å². The Bertz CT molecular complexity index is 926. The van der Waals surface area contributed by atoms with Gasteiger partial charge in [0, 0.05) is 75.4 Å². The van der Waals surface area contributed by atoms with E-state index in [1.165, 1.54) is 24.8 Å². The van der Waals surface area contributed by atoms with Crippen LogP contribution in [0, 0.1) is 13.8 Å². The number of aryl methyl sites for hydroxylation is 1. The molecule has 3 aliphatic rings. The number of carbonyl (C=O) groups is 1. The second-order valence-electron chi connectivity index (χ2n) is 9.05. The summed E-state index contributed by atoms with van der Waals surface area (Å²) in [6.45, 7) is 10.2. The van der Waals surface area contributed by atoms with Gasteiger partial charge in [-0.25, -0.2) is 4.68 Å². The van der Waals surface area contributed by atoms with Crippen LogP contribution in [-0.2, 0) is 17.8 Å². The van der Waals surface area contributed by atoms with Crippen LogP contribution in [0.5, 0.6) is 0 Å². The van der Waals surface area contributed by atoms with Crippen LogP contribution < -0.4 is 0 Å². The average molecular weight is 409 g/mol. The van der Waals surface area contributed by atoms with Gasteiger partial charge in [-0.05, 0) is 38.3 Å². The minimum absolute atomic E-state index is 0.278. The van der Waals surface area contributed by atoms with Crippen LogP contribution in [0.15, 0.2) is 18.5 Å². The number of pyridine rings is 1. The van der Waals surface area contributed by atoms with Crippen molar-refractivity contribution in [2.24, 2.45) is 0 Å². The molecule has 5 rings (SSSR count). The molecule has 0 radical (unpaired) electrons. The first-order valence-corrected chi connectivity index (χ1v) is 11.3. The van der Waals surface area contributed by atoms with E-state index in [9.17, 15) is 4.79 Å². The van der Waals surface area contributed by atoms with Gasteiger partial charge < -0.3 is 4.90 Å². The van der Waals surface area contributed by atoms with Crippen molar-refractivity contribution in [2.75, 3.05) is 39.3 Å². The third kappa shape index (κ3) is 3.76. The van der Waals surface area contributed by atoms with Crippen molar-refractivity contribution < 1.29 is 4.79 Å². The minimum atomic E-state index is 0.278. The average Bonchev–Trinajstić information content (AvgIpc) is 3.12. The topological polar surface area (TPSA) is 57.5 Å². The summed E-state index contributed by atoms with van der Waals surface area (Å²) in [5, 5.41) is 4.83. The summed E-state index contributed by atoms with van der Waals surface area (Å²) in [7, 11) is 0. The lowest BCUT2D eigenvalue weighted by Crippen LogP contribution is -2.55. The predicted molar refractivity (Wildman–Crippen MR) is 116 cm³/mol. The van der Waals surface area contributed by atoms with Gasteiger partial charge in [-0.2, -0.15) is 5.10 Å². The van der Waals surface area contributed by atoms with Gasteiger partial charge in [0.05, 0.1) is 17.9 Å². The molecule has 1 saturated heterocycles. The third-order valence-electron chi connectivity index (χ3n) is 7.23. The van der Waals surface area contributed by atoms with Crippen LogP contribution in [0.3, 0.4) is 0 Å². The van der Waals surface area contributed by atoms with Crippen LogP contribution in [-0.4, -0.2) is 80.7 Å². The quantitative estimate of drug-likeness (QED) is 0.774. The van der Waals surface area contributed by atoms with E-state index in [0.29, 0.717) is 6.54 Å². The van der Waals surface area contributed by atoms with Crippen molar-refractivity contribution in [1.29, 1.82) is 0 Å². The highest BCUT2D eigenvalue weighted by Gasteiger charge is 2.30. The molecule has 2 aromatic heterocycles. The molecule has 7 heteroatoms. The Morgan fingerprint density at radius 1 is 1.13 bits per heavy atom. The lowest BCUT2D eigenvalue weighted by molar-refractivity contribution is -0.135. The summed E-state index contributed by atoms with van der Waals surface area (Å²) in [6.07, 6.45) is 8.93. The molecule has 2 aliphatic heterocycles. The summed E-state index contributed by atoms with van der Waals surface area (Å²) in [6, 6.07) is 2.80. The van der Waals surface area contributed by atoms with Crippen molar-refractivity contribution in [3.63, 3.8) is 0 Å². The molecule has 0 bridgehead atoms. The van der Waals surface area contributed by atoms with Gasteiger partial charge in [-0.15, -0.1) is 0 Å². The lowest BCUT2D eigenvalue weighted by atomic mass is 9.91. The zero-order valence-corrected chi connectivity index (χ0v) is 18.2. The standard InChI is InChI=1S/C23H32N6O/c1-17-18(2)24-8-6-22(17)29-15-19-14-26(9-7-21(19)25-29)16-23(30)28-12-10-27(11-13-28)20-4-3-5-20/h6,8,15,20H,3-5,7,9-14,16H2,1-2H3. The maximum Gasteiger partial charge on any atom is 0.236 e. The van der Waals surface area contributed by atoms with E-state index in [0.717, 1.165) is 74.4 Å². The van der Waals surface area contributed by atoms with E-state index in [1.54, 1.807) is 0 Å². The summed E-state index contributed by atoms with van der Waals surface area (Å²) in [5.74, 6) is 0.278. The number of nitrogens with zero attached hydrogens (tertiary/aromatic N) is 6. The van der Waals surface area contributed by atoms with E-state index in [4.69, 9.17) is 5.10 Å². The van der Waals surface area contributed by atoms with Gasteiger partial charge in [-0.3, -0.25) is 19.6 Å². The first-order chi connectivity index (χ1) is 14.6. The molecule has 4 heterocycles. The monoisotopic (exact) mass is 408 g/mol. The Balaban J connectivity index is 1.19. The van der Waals surface area contributed by atoms with Crippen molar-refractivity contribution in [3.05, 3.63) is 41.0 Å². The summed E-state index contributed by atoms with van der Waals surface area (Å²) >= 11 is 0. The number of carbonyl (C=O) groups excluding carboxylic acids is 1. The summed E-state index contributed by atoms with van der Waals surface area (Å²) in [5.41, 5.74) is 5.67. The smallest absolute Gasteiger partial charge is 0.236 e. The molecule has 7 nitrogen and oxygen atoms in total. The fourth-order valence-corrected chi connectivity index (χ4v) is 4.88. The lowest BCUT2D eigenvalue weighted by Gasteiger charge is -2.43. The van der Waals surface area contributed by atoms with E-state index in [1.807, 2.05) is 23.9 Å². The normalized spacial score (nSPS) is 20.8. The third-order valence-corrected chi connectivity index (χ3v) is 7.23. The molecule has 2 aromatic rings. The van der Waals surface area contributed by atoms with Crippen molar-refractivity contribution in [1.82, 2.24) is 29.5 Å². The van der Waals surface area contributed by atoms with Crippen LogP contribution in [0.4, 0.5) is 0 Å². The Labute approximate surface area is 178 Å². The Morgan fingerprint density at radius 2 is 1.93 bits per heavy atom. The van der Waals surface area contributed by atoms with E-state index in [2.05, 4.69) is 32.8 Å². The molecule has 30 heavy (non-hydrogen) atoms. The number of amides is 1. The van der Waals surface area contributed by atoms with E-state index in [-0.39, 0.29) is 5.91 Å². The zero-order valence-electron chi connectivity index (χ0n) is 18.2. The molecule has 1 saturated carbocycles. The van der Waals surface area contributed by atoms with Crippen LogP contribution in [0.1, 0.15) is 41.8 Å². The molecular formula is C23H32N6O. The largest absolute Gasteiger partial charge is 0.339 e. The molecule has 0 unspecified atom stereocenters. The maximum atomic E-state index is 12.9. The minimum Gasteiger partial charge on any atom is -0.339 e. The Morgan fingerprint density at radius 3 is 2.67 bits per heavy atom. The number of hydrogen-bond acceptors (Lipinski definition) is 5. The van der Waals surface area contributed by atoms with E-state index < -0.39 is 0 Å². The summed E-state index contributed by atoms with van der Waals surface area (Å²) in [4.78, 5) is 24.2. The first-order valence-electron chi connectivity index (χ1n) is 11.3. The SMILES string of the molecule is Cc1nccc(-n2cc3c(n2)CCN(CC(=O)N2CCN(C4CCC4)CC2)C3)c1C. The van der Waals surface area contributed by atoms with Crippen molar-refractivity contribution in [3.8, 4) is 5.69 Å². The highest BCUT2D eigenvalue weighted by Crippen LogP contribution is 2.26. The van der Waals surface area contributed by atoms with Crippen molar-refractivity contribution in [2.45, 2.75) is 52.1 Å². The second-order valence-corrected chi connectivity index (χ2v) is 9.05. The van der Waals surface area contributed by atoms with Crippen LogP contribution >= 0.6 is 0 Å². The van der Waals surface area contributed by atoms with Crippen LogP contribution in [0.2, 0.25) is 0 Å². The van der Waals surface area contributed by atoms with Gasteiger partial charge in [0.2, 0.25) is 5.91 Å². The van der Waals surface area contributed by atoms with E-state index >= 15 is 0 Å². The molecule has 0 N–H and O–H groups in total. The molecule has 0 aromatic carbocycles. The molecule has 1 amide bonds. The fraction of sp³-hybridized carbons (Fsp3) is 0.609. The van der Waals surface area contributed by atoms with Gasteiger partial charge in [0.25, 0.3) is 0 Å². The number of fused-ring (bicyclic) bond motifs is 1. The molecule has 0 atom stereocenters. The first kappa shape index (κ1) is 19.7. The number of piperazine rings is 1. The molecule has 0 spiro atoms. The molecule has 1 aliphatic carbocycles. The van der Waals surface area contributed by atoms with Crippen LogP contribution in [0.25, 0.3) is 5.69 Å². The number of hydrogen-bond donors (Lipinski definition) is 0. The zero-order chi connectivity index (χ0) is 20.7. The fourth-order valence-electron chi connectivity index (χ4n) is 4.88. The number of aromatic nitrogens is 3. The molecule has 160 valence electrons. The van der Waals surface area contributed by atoms with Gasteiger partial charge in [0.15, 0.2) is 0 Å². The predicted octanol–water partition coefficient (Wildman–Crippen LogP) is 1.94. The highest BCUT2D eigenvalue weighted by molar-refractivity contribution is 5.78. The Kier molecular flexibility index (Phi) is 5.33.